The van der Waals surface area contributed by atoms with Gasteiger partial charge in [0.15, 0.2) is 0 Å². The molecule has 1 aliphatic rings. The number of aryl methyl sites for hydroxylation is 1. The number of amides is 1. The third-order valence-corrected chi connectivity index (χ3v) is 2.81. The third kappa shape index (κ3) is 1.95. The van der Waals surface area contributed by atoms with Gasteiger partial charge in [-0.05, 0) is 13.3 Å². The molecule has 2 heterocycles. The molecule has 0 aliphatic carbocycles. The fourth-order valence-electron chi connectivity index (χ4n) is 2.05. The molecule has 0 atom stereocenters. The molecule has 0 aromatic carbocycles. The molecular weight excluding hydrogens is 208 g/mol. The van der Waals surface area contributed by atoms with Gasteiger partial charge >= 0.3 is 0 Å². The lowest BCUT2D eigenvalue weighted by Gasteiger charge is -2.46. The first-order valence-corrected chi connectivity index (χ1v) is 5.49. The SMILES string of the molecule is CCCC1(O)CN(C(=O)c2cc(C)no2)C1. The van der Waals surface area contributed by atoms with Crippen LogP contribution in [0.4, 0.5) is 0 Å². The van der Waals surface area contributed by atoms with Gasteiger partial charge in [-0.2, -0.15) is 0 Å². The summed E-state index contributed by atoms with van der Waals surface area (Å²) in [4.78, 5) is 13.4. The van der Waals surface area contributed by atoms with E-state index in [1.54, 1.807) is 17.9 Å². The van der Waals surface area contributed by atoms with E-state index in [0.717, 1.165) is 12.8 Å². The zero-order valence-corrected chi connectivity index (χ0v) is 9.56. The summed E-state index contributed by atoms with van der Waals surface area (Å²) in [6.07, 6.45) is 1.64. The Hall–Kier alpha value is -1.36. The summed E-state index contributed by atoms with van der Waals surface area (Å²) in [6.45, 7) is 4.56. The number of aromatic nitrogens is 1. The van der Waals surface area contributed by atoms with Crippen molar-refractivity contribution in [2.45, 2.75) is 32.3 Å². The van der Waals surface area contributed by atoms with E-state index in [2.05, 4.69) is 5.16 Å². The highest BCUT2D eigenvalue weighted by molar-refractivity contribution is 5.92. The van der Waals surface area contributed by atoms with Crippen LogP contribution in [0.1, 0.15) is 36.0 Å². The van der Waals surface area contributed by atoms with Gasteiger partial charge in [0, 0.05) is 6.07 Å². The Morgan fingerprint density at radius 2 is 2.38 bits per heavy atom. The van der Waals surface area contributed by atoms with Gasteiger partial charge in [-0.1, -0.05) is 18.5 Å². The van der Waals surface area contributed by atoms with Crippen LogP contribution in [0.25, 0.3) is 0 Å². The maximum atomic E-state index is 11.8. The van der Waals surface area contributed by atoms with Gasteiger partial charge in [0.25, 0.3) is 5.91 Å². The largest absolute Gasteiger partial charge is 0.386 e. The molecule has 5 nitrogen and oxygen atoms in total. The molecule has 2 rings (SSSR count). The summed E-state index contributed by atoms with van der Waals surface area (Å²) in [5.41, 5.74) is -0.00729. The van der Waals surface area contributed by atoms with Gasteiger partial charge in [-0.3, -0.25) is 4.79 Å². The highest BCUT2D eigenvalue weighted by atomic mass is 16.5. The van der Waals surface area contributed by atoms with Gasteiger partial charge in [0.2, 0.25) is 5.76 Å². The summed E-state index contributed by atoms with van der Waals surface area (Å²) in [5, 5.41) is 13.6. The lowest BCUT2D eigenvalue weighted by atomic mass is 9.89. The summed E-state index contributed by atoms with van der Waals surface area (Å²) >= 11 is 0. The van der Waals surface area contributed by atoms with Gasteiger partial charge in [-0.15, -0.1) is 0 Å². The van der Waals surface area contributed by atoms with Crippen LogP contribution >= 0.6 is 0 Å². The monoisotopic (exact) mass is 224 g/mol. The second kappa shape index (κ2) is 3.90. The number of β-amino-alcohol motifs (C(OH)–C–C–N with tert-alkyl or cyclic N) is 1. The molecule has 0 radical (unpaired) electrons. The predicted molar refractivity (Wildman–Crippen MR) is 57.0 cm³/mol. The number of aliphatic hydroxyl groups is 1. The number of likely N-dealkylation sites (tertiary alicyclic amines) is 1. The van der Waals surface area contributed by atoms with Crippen molar-refractivity contribution in [2.24, 2.45) is 0 Å². The van der Waals surface area contributed by atoms with E-state index in [9.17, 15) is 9.90 Å². The van der Waals surface area contributed by atoms with Crippen molar-refractivity contribution in [3.05, 3.63) is 17.5 Å². The van der Waals surface area contributed by atoms with Crippen LogP contribution in [0.15, 0.2) is 10.6 Å². The van der Waals surface area contributed by atoms with Crippen molar-refractivity contribution in [1.29, 1.82) is 0 Å². The molecule has 1 saturated heterocycles. The van der Waals surface area contributed by atoms with Crippen LogP contribution in [0, 0.1) is 6.92 Å². The smallest absolute Gasteiger partial charge is 0.292 e. The van der Waals surface area contributed by atoms with Crippen LogP contribution in [0.3, 0.4) is 0 Å². The maximum Gasteiger partial charge on any atom is 0.292 e. The molecule has 0 saturated carbocycles. The molecule has 1 aromatic heterocycles. The van der Waals surface area contributed by atoms with E-state index >= 15 is 0 Å². The van der Waals surface area contributed by atoms with Crippen molar-refractivity contribution >= 4 is 5.91 Å². The Balaban J connectivity index is 1.95. The molecule has 1 fully saturated rings. The number of carbonyl (C=O) groups is 1. The van der Waals surface area contributed by atoms with Crippen molar-refractivity contribution < 1.29 is 14.4 Å². The molecule has 1 amide bonds. The number of carbonyl (C=O) groups excluding carboxylic acids is 1. The number of hydrogen-bond acceptors (Lipinski definition) is 4. The molecule has 16 heavy (non-hydrogen) atoms. The van der Waals surface area contributed by atoms with Crippen LogP contribution in [-0.2, 0) is 0 Å². The van der Waals surface area contributed by atoms with Crippen molar-refractivity contribution in [3.63, 3.8) is 0 Å². The standard InChI is InChI=1S/C11H16N2O3/c1-3-4-11(15)6-13(7-11)10(14)9-5-8(2)12-16-9/h5,15H,3-4,6-7H2,1-2H3. The summed E-state index contributed by atoms with van der Waals surface area (Å²) < 4.78 is 4.89. The highest BCUT2D eigenvalue weighted by Gasteiger charge is 2.43. The zero-order chi connectivity index (χ0) is 11.8. The first-order chi connectivity index (χ1) is 7.54. The Morgan fingerprint density at radius 3 is 2.88 bits per heavy atom. The molecule has 0 unspecified atom stereocenters. The molecule has 5 heteroatoms. The van der Waals surface area contributed by atoms with E-state index in [1.807, 2.05) is 6.92 Å². The van der Waals surface area contributed by atoms with Gasteiger partial charge in [-0.25, -0.2) is 0 Å². The first kappa shape index (κ1) is 11.1. The zero-order valence-electron chi connectivity index (χ0n) is 9.56. The van der Waals surface area contributed by atoms with E-state index in [-0.39, 0.29) is 11.7 Å². The second-order valence-electron chi connectivity index (χ2n) is 4.47. The normalized spacial score (nSPS) is 18.3. The number of rotatable bonds is 3. The molecule has 1 aromatic rings. The van der Waals surface area contributed by atoms with Crippen LogP contribution in [0.5, 0.6) is 0 Å². The quantitative estimate of drug-likeness (QED) is 0.830. The topological polar surface area (TPSA) is 66.6 Å². The molecule has 88 valence electrons. The molecule has 1 aliphatic heterocycles. The summed E-state index contributed by atoms with van der Waals surface area (Å²) in [7, 11) is 0. The highest BCUT2D eigenvalue weighted by Crippen LogP contribution is 2.27. The Labute approximate surface area is 94.0 Å². The lowest BCUT2D eigenvalue weighted by molar-refractivity contribution is -0.0869. The van der Waals surface area contributed by atoms with Gasteiger partial charge < -0.3 is 14.5 Å². The minimum atomic E-state index is -0.695. The van der Waals surface area contributed by atoms with E-state index < -0.39 is 5.60 Å². The Morgan fingerprint density at radius 1 is 1.69 bits per heavy atom. The fraction of sp³-hybridized carbons (Fsp3) is 0.636. The average molecular weight is 224 g/mol. The number of hydrogen-bond donors (Lipinski definition) is 1. The van der Waals surface area contributed by atoms with Crippen molar-refractivity contribution in [3.8, 4) is 0 Å². The first-order valence-electron chi connectivity index (χ1n) is 5.49. The third-order valence-electron chi connectivity index (χ3n) is 2.81. The van der Waals surface area contributed by atoms with Crippen LogP contribution in [0.2, 0.25) is 0 Å². The molecular formula is C11H16N2O3. The minimum absolute atomic E-state index is 0.193. The van der Waals surface area contributed by atoms with Crippen molar-refractivity contribution in [1.82, 2.24) is 10.1 Å². The summed E-state index contributed by atoms with van der Waals surface area (Å²) in [5.74, 6) is 0.0532. The predicted octanol–water partition coefficient (Wildman–Crippen LogP) is 0.970. The fourth-order valence-corrected chi connectivity index (χ4v) is 2.05. The van der Waals surface area contributed by atoms with Gasteiger partial charge in [0.05, 0.1) is 24.4 Å². The summed E-state index contributed by atoms with van der Waals surface area (Å²) in [6, 6.07) is 1.61. The van der Waals surface area contributed by atoms with Gasteiger partial charge in [0.1, 0.15) is 0 Å². The number of nitrogens with zero attached hydrogens (tertiary/aromatic N) is 2. The molecule has 0 spiro atoms. The Bertz CT molecular complexity index is 394. The van der Waals surface area contributed by atoms with Crippen molar-refractivity contribution in [2.75, 3.05) is 13.1 Å². The molecule has 1 N–H and O–H groups in total. The lowest BCUT2D eigenvalue weighted by Crippen LogP contribution is -2.63. The van der Waals surface area contributed by atoms with E-state index in [0.29, 0.717) is 18.8 Å². The van der Waals surface area contributed by atoms with Crippen LogP contribution in [-0.4, -0.2) is 39.8 Å². The Kier molecular flexibility index (Phi) is 2.71. The molecule has 0 bridgehead atoms. The second-order valence-corrected chi connectivity index (χ2v) is 4.47. The van der Waals surface area contributed by atoms with E-state index in [1.165, 1.54) is 0 Å². The minimum Gasteiger partial charge on any atom is -0.386 e. The van der Waals surface area contributed by atoms with Crippen LogP contribution < -0.4 is 0 Å². The average Bonchev–Trinajstić information content (AvgIpc) is 2.60. The maximum absolute atomic E-state index is 11.8. The van der Waals surface area contributed by atoms with E-state index in [4.69, 9.17) is 4.52 Å².